The molecule has 0 spiro atoms. The summed E-state index contributed by atoms with van der Waals surface area (Å²) in [6.45, 7) is 5.75. The Balaban J connectivity index is 2.63. The Morgan fingerprint density at radius 2 is 0.896 bits per heavy atom. The number of aliphatic hydroxyl groups excluding tert-OH is 5. The average molecular weight is 1090 g/mol. The third-order valence-electron chi connectivity index (χ3n) is 14.9. The van der Waals surface area contributed by atoms with E-state index in [-0.39, 0.29) is 19.4 Å². The van der Waals surface area contributed by atoms with Crippen molar-refractivity contribution in [2.75, 3.05) is 13.2 Å². The fourth-order valence-corrected chi connectivity index (χ4v) is 9.77. The maximum Gasteiger partial charge on any atom is 0.306 e. The molecule has 1 saturated heterocycles. The highest BCUT2D eigenvalue weighted by Gasteiger charge is 2.47. The molecule has 0 aliphatic carbocycles. The van der Waals surface area contributed by atoms with Gasteiger partial charge in [0.05, 0.1) is 25.4 Å². The van der Waals surface area contributed by atoms with Crippen LogP contribution in [0.4, 0.5) is 0 Å². The van der Waals surface area contributed by atoms with Gasteiger partial charge in [0.15, 0.2) is 12.4 Å². The van der Waals surface area contributed by atoms with Gasteiger partial charge in [0, 0.05) is 6.42 Å². The number of hydrogen-bond donors (Lipinski definition) is 6. The van der Waals surface area contributed by atoms with E-state index in [9.17, 15) is 35.1 Å². The molecule has 0 aromatic heterocycles. The van der Waals surface area contributed by atoms with Gasteiger partial charge in [0.2, 0.25) is 5.91 Å². The van der Waals surface area contributed by atoms with Gasteiger partial charge in [0.1, 0.15) is 24.4 Å². The van der Waals surface area contributed by atoms with Gasteiger partial charge in [-0.25, -0.2) is 0 Å². The Kier molecular flexibility index (Phi) is 50.7. The van der Waals surface area contributed by atoms with Crippen LogP contribution in [0.5, 0.6) is 0 Å². The number of ether oxygens (including phenoxy) is 3. The van der Waals surface area contributed by atoms with Crippen molar-refractivity contribution in [2.24, 2.45) is 0 Å². The molecule has 1 aliphatic rings. The van der Waals surface area contributed by atoms with Crippen LogP contribution in [0.15, 0.2) is 60.8 Å². The topological polar surface area (TPSA) is 175 Å². The minimum atomic E-state index is -1.62. The smallest absolute Gasteiger partial charge is 0.306 e. The van der Waals surface area contributed by atoms with Crippen molar-refractivity contribution < 1.29 is 49.3 Å². The summed E-state index contributed by atoms with van der Waals surface area (Å²) in [4.78, 5) is 26.5. The minimum absolute atomic E-state index is 0.116. The van der Waals surface area contributed by atoms with Crippen LogP contribution in [-0.4, -0.2) is 99.6 Å². The molecular formula is C66H119NO10. The summed E-state index contributed by atoms with van der Waals surface area (Å²) in [7, 11) is 0. The van der Waals surface area contributed by atoms with Crippen LogP contribution >= 0.6 is 0 Å². The van der Waals surface area contributed by atoms with Crippen molar-refractivity contribution in [2.45, 2.75) is 333 Å². The molecule has 1 aliphatic heterocycles. The Labute approximate surface area is 471 Å². The third kappa shape index (κ3) is 42.0. The van der Waals surface area contributed by atoms with Crippen LogP contribution in [0.1, 0.15) is 284 Å². The number of carbonyl (C=O) groups is 2. The standard InChI is InChI=1S/C66H119NO10/c1-4-7-10-13-16-19-22-25-26-27-28-29-30-31-32-33-34-36-39-42-45-48-51-54-61(71)77-64-63(73)62(72)60(55-68)76-66(64)75-56-57(58(69)52-49-46-43-40-37-24-21-18-15-12-9-6-3)67-65(74)59(70)53-50-47-44-41-38-35-23-20-17-14-11-8-5-2/h16,19,25-26,28-29,38,41,49,52,57-60,62-64,66,68-70,72-73H,4-15,17-18,20-24,27,30-37,39-40,42-48,50-51,53-56H2,1-3H3,(H,67,74)/b19-16-,26-25-,29-28-,41-38-,52-49+. The first-order chi connectivity index (χ1) is 37.7. The second-order valence-electron chi connectivity index (χ2n) is 22.1. The highest BCUT2D eigenvalue weighted by Crippen LogP contribution is 2.26. The van der Waals surface area contributed by atoms with Gasteiger partial charge in [-0.15, -0.1) is 0 Å². The lowest BCUT2D eigenvalue weighted by molar-refractivity contribution is -0.305. The van der Waals surface area contributed by atoms with Crippen molar-refractivity contribution in [3.8, 4) is 0 Å². The summed E-state index contributed by atoms with van der Waals surface area (Å²) in [6.07, 6.45) is 56.9. The lowest BCUT2D eigenvalue weighted by atomic mass is 9.99. The molecule has 77 heavy (non-hydrogen) atoms. The zero-order valence-corrected chi connectivity index (χ0v) is 49.6. The first-order valence-corrected chi connectivity index (χ1v) is 32.1. The predicted molar refractivity (Wildman–Crippen MR) is 320 cm³/mol. The van der Waals surface area contributed by atoms with E-state index in [1.54, 1.807) is 6.08 Å². The summed E-state index contributed by atoms with van der Waals surface area (Å²) < 4.78 is 17.6. The molecule has 0 saturated carbocycles. The van der Waals surface area contributed by atoms with Crippen LogP contribution in [0.2, 0.25) is 0 Å². The number of allylic oxidation sites excluding steroid dienone is 9. The van der Waals surface area contributed by atoms with Gasteiger partial charge < -0.3 is 45.1 Å². The zero-order chi connectivity index (χ0) is 56.1. The maximum atomic E-state index is 13.4. The molecule has 1 heterocycles. The molecule has 0 aromatic carbocycles. The van der Waals surface area contributed by atoms with Crippen molar-refractivity contribution in [3.05, 3.63) is 60.8 Å². The molecule has 1 amide bonds. The molecule has 11 nitrogen and oxygen atoms in total. The fraction of sp³-hybridized carbons (Fsp3) is 0.818. The molecule has 0 radical (unpaired) electrons. The number of unbranched alkanes of at least 4 members (excludes halogenated alkanes) is 32. The Hall–Kier alpha value is -2.64. The molecule has 448 valence electrons. The Morgan fingerprint density at radius 3 is 1.38 bits per heavy atom. The van der Waals surface area contributed by atoms with E-state index in [1.165, 1.54) is 161 Å². The van der Waals surface area contributed by atoms with Crippen molar-refractivity contribution in [3.63, 3.8) is 0 Å². The van der Waals surface area contributed by atoms with Gasteiger partial charge in [0.25, 0.3) is 0 Å². The minimum Gasteiger partial charge on any atom is -0.454 e. The SMILES string of the molecule is CCCCC/C=C\C/C=C\C/C=C\CCCCCCCCCCCCC(=O)OC1C(OCC(NC(=O)C(O)CCCC/C=C\CCCCCCCCC)C(O)/C=C/CCCCCCCCCCCC)OC(CO)C(O)C1O. The molecule has 11 heteroatoms. The molecule has 0 aromatic rings. The number of carbonyl (C=O) groups excluding carboxylic acids is 2. The molecule has 8 unspecified atom stereocenters. The summed E-state index contributed by atoms with van der Waals surface area (Å²) in [5.41, 5.74) is 0. The van der Waals surface area contributed by atoms with E-state index in [4.69, 9.17) is 14.2 Å². The number of hydrogen-bond acceptors (Lipinski definition) is 10. The van der Waals surface area contributed by atoms with Crippen LogP contribution in [0.25, 0.3) is 0 Å². The predicted octanol–water partition coefficient (Wildman–Crippen LogP) is 15.4. The zero-order valence-electron chi connectivity index (χ0n) is 49.6. The van der Waals surface area contributed by atoms with Crippen LogP contribution < -0.4 is 5.32 Å². The van der Waals surface area contributed by atoms with Crippen LogP contribution in [0.3, 0.4) is 0 Å². The van der Waals surface area contributed by atoms with Gasteiger partial charge in [-0.05, 0) is 89.9 Å². The number of aliphatic hydroxyl groups is 5. The highest BCUT2D eigenvalue weighted by molar-refractivity contribution is 5.80. The second-order valence-corrected chi connectivity index (χ2v) is 22.1. The van der Waals surface area contributed by atoms with E-state index in [0.717, 1.165) is 77.0 Å². The number of nitrogens with one attached hydrogen (secondary N) is 1. The van der Waals surface area contributed by atoms with Crippen molar-refractivity contribution in [1.29, 1.82) is 0 Å². The normalized spacial score (nSPS) is 19.4. The van der Waals surface area contributed by atoms with Crippen molar-refractivity contribution in [1.82, 2.24) is 5.32 Å². The van der Waals surface area contributed by atoms with E-state index in [1.807, 2.05) is 6.08 Å². The Bertz CT molecular complexity index is 1480. The fourth-order valence-electron chi connectivity index (χ4n) is 9.77. The van der Waals surface area contributed by atoms with Gasteiger partial charge in [-0.3, -0.25) is 9.59 Å². The number of esters is 1. The molecule has 0 bridgehead atoms. The third-order valence-corrected chi connectivity index (χ3v) is 14.9. The summed E-state index contributed by atoms with van der Waals surface area (Å²) in [6, 6.07) is -1.03. The van der Waals surface area contributed by atoms with Crippen LogP contribution in [0, 0.1) is 0 Å². The van der Waals surface area contributed by atoms with Crippen LogP contribution in [-0.2, 0) is 23.8 Å². The van der Waals surface area contributed by atoms with E-state index < -0.39 is 67.4 Å². The molecule has 1 rings (SSSR count). The lowest BCUT2D eigenvalue weighted by Gasteiger charge is -2.41. The van der Waals surface area contributed by atoms with E-state index >= 15 is 0 Å². The van der Waals surface area contributed by atoms with Gasteiger partial charge in [-0.2, -0.15) is 0 Å². The van der Waals surface area contributed by atoms with Gasteiger partial charge in [-0.1, -0.05) is 248 Å². The average Bonchev–Trinajstić information content (AvgIpc) is 3.43. The summed E-state index contributed by atoms with van der Waals surface area (Å²) in [5.74, 6) is -1.21. The van der Waals surface area contributed by atoms with E-state index in [2.05, 4.69) is 74.7 Å². The summed E-state index contributed by atoms with van der Waals surface area (Å²) in [5, 5.41) is 56.9. The largest absolute Gasteiger partial charge is 0.454 e. The maximum absolute atomic E-state index is 13.4. The molecule has 1 fully saturated rings. The first-order valence-electron chi connectivity index (χ1n) is 32.1. The quantitative estimate of drug-likeness (QED) is 0.0195. The molecular weight excluding hydrogens is 967 g/mol. The number of amides is 1. The van der Waals surface area contributed by atoms with Crippen molar-refractivity contribution >= 4 is 11.9 Å². The number of rotatable bonds is 54. The second kappa shape index (κ2) is 54.0. The van der Waals surface area contributed by atoms with Gasteiger partial charge >= 0.3 is 5.97 Å². The monoisotopic (exact) mass is 1090 g/mol. The first kappa shape index (κ1) is 72.4. The van der Waals surface area contributed by atoms with E-state index in [0.29, 0.717) is 12.8 Å². The Morgan fingerprint density at radius 1 is 0.506 bits per heavy atom. The molecule has 8 atom stereocenters. The summed E-state index contributed by atoms with van der Waals surface area (Å²) >= 11 is 0. The lowest BCUT2D eigenvalue weighted by Crippen LogP contribution is -2.61. The highest BCUT2D eigenvalue weighted by atomic mass is 16.7. The molecule has 6 N–H and O–H groups in total.